The molecule has 0 amide bonds. The highest BCUT2D eigenvalue weighted by Gasteiger charge is 2.17. The highest BCUT2D eigenvalue weighted by Crippen LogP contribution is 2.11. The number of nitrogens with two attached hydrogens (primary N) is 1. The van der Waals surface area contributed by atoms with Crippen LogP contribution in [0.15, 0.2) is 12.3 Å². The molecule has 3 nitrogen and oxygen atoms in total. The molecule has 2 N–H and O–H groups in total. The van der Waals surface area contributed by atoms with Crippen molar-refractivity contribution in [1.82, 2.24) is 9.97 Å². The molecule has 72 valence electrons. The summed E-state index contributed by atoms with van der Waals surface area (Å²) in [5, 5.41) is 0. The first-order chi connectivity index (χ1) is 6.04. The van der Waals surface area contributed by atoms with Crippen LogP contribution in [-0.4, -0.2) is 9.97 Å². The Bertz CT molecular complexity index is 276. The third-order valence-electron chi connectivity index (χ3n) is 1.80. The Balaban J connectivity index is 2.92. The lowest BCUT2D eigenvalue weighted by atomic mass is 10.1. The lowest BCUT2D eigenvalue weighted by Crippen LogP contribution is -2.31. The second kappa shape index (κ2) is 3.83. The molecule has 0 aromatic carbocycles. The van der Waals surface area contributed by atoms with Crippen LogP contribution in [0.5, 0.6) is 0 Å². The predicted octanol–water partition coefficient (Wildman–Crippen LogP) is 1.62. The van der Waals surface area contributed by atoms with E-state index < -0.39 is 5.54 Å². The van der Waals surface area contributed by atoms with E-state index in [2.05, 4.69) is 16.9 Å². The third-order valence-corrected chi connectivity index (χ3v) is 1.80. The van der Waals surface area contributed by atoms with Gasteiger partial charge < -0.3 is 5.73 Å². The van der Waals surface area contributed by atoms with Crippen LogP contribution in [0, 0.1) is 0 Å². The van der Waals surface area contributed by atoms with Crippen molar-refractivity contribution < 1.29 is 0 Å². The van der Waals surface area contributed by atoms with Gasteiger partial charge in [-0.3, -0.25) is 0 Å². The molecule has 0 radical (unpaired) electrons. The molecule has 0 atom stereocenters. The first-order valence-corrected chi connectivity index (χ1v) is 4.65. The van der Waals surface area contributed by atoms with Gasteiger partial charge in [0.25, 0.3) is 0 Å². The van der Waals surface area contributed by atoms with Crippen molar-refractivity contribution >= 4 is 0 Å². The van der Waals surface area contributed by atoms with Gasteiger partial charge in [0.15, 0.2) is 0 Å². The SMILES string of the molecule is CCCc1ccnc(C(C)(C)N)n1. The van der Waals surface area contributed by atoms with Crippen LogP contribution in [0.25, 0.3) is 0 Å². The molecule has 1 aromatic heterocycles. The molecular formula is C10H17N3. The van der Waals surface area contributed by atoms with E-state index >= 15 is 0 Å². The van der Waals surface area contributed by atoms with E-state index in [0.29, 0.717) is 0 Å². The molecule has 0 saturated carbocycles. The smallest absolute Gasteiger partial charge is 0.147 e. The van der Waals surface area contributed by atoms with E-state index in [9.17, 15) is 0 Å². The van der Waals surface area contributed by atoms with Crippen LogP contribution in [0.2, 0.25) is 0 Å². The maximum atomic E-state index is 5.90. The van der Waals surface area contributed by atoms with Crippen LogP contribution < -0.4 is 5.73 Å². The molecule has 1 aromatic rings. The van der Waals surface area contributed by atoms with Gasteiger partial charge in [-0.2, -0.15) is 0 Å². The minimum atomic E-state index is -0.441. The highest BCUT2D eigenvalue weighted by molar-refractivity contribution is 5.07. The zero-order chi connectivity index (χ0) is 9.90. The van der Waals surface area contributed by atoms with Crippen LogP contribution >= 0.6 is 0 Å². The molecule has 0 fully saturated rings. The summed E-state index contributed by atoms with van der Waals surface area (Å²) >= 11 is 0. The van der Waals surface area contributed by atoms with Gasteiger partial charge >= 0.3 is 0 Å². The molecule has 1 rings (SSSR count). The van der Waals surface area contributed by atoms with Crippen LogP contribution in [-0.2, 0) is 12.0 Å². The average molecular weight is 179 g/mol. The van der Waals surface area contributed by atoms with Gasteiger partial charge in [-0.25, -0.2) is 9.97 Å². The molecular weight excluding hydrogens is 162 g/mol. The normalized spacial score (nSPS) is 11.7. The summed E-state index contributed by atoms with van der Waals surface area (Å²) in [4.78, 5) is 8.55. The van der Waals surface area contributed by atoms with Gasteiger partial charge in [0.1, 0.15) is 5.82 Å². The largest absolute Gasteiger partial charge is 0.319 e. The molecule has 0 aliphatic rings. The maximum absolute atomic E-state index is 5.90. The predicted molar refractivity (Wildman–Crippen MR) is 53.2 cm³/mol. The summed E-state index contributed by atoms with van der Waals surface area (Å²) in [5.41, 5.74) is 6.53. The van der Waals surface area contributed by atoms with E-state index in [1.54, 1.807) is 6.20 Å². The lowest BCUT2D eigenvalue weighted by molar-refractivity contribution is 0.510. The number of hydrogen-bond donors (Lipinski definition) is 1. The second-order valence-electron chi connectivity index (χ2n) is 3.84. The highest BCUT2D eigenvalue weighted by atomic mass is 14.9. The fourth-order valence-electron chi connectivity index (χ4n) is 1.10. The van der Waals surface area contributed by atoms with Crippen molar-refractivity contribution in [2.45, 2.75) is 39.2 Å². The van der Waals surface area contributed by atoms with Crippen LogP contribution in [0.3, 0.4) is 0 Å². The fourth-order valence-corrected chi connectivity index (χ4v) is 1.10. The Kier molecular flexibility index (Phi) is 2.98. The molecule has 1 heterocycles. The van der Waals surface area contributed by atoms with Gasteiger partial charge in [-0.15, -0.1) is 0 Å². The average Bonchev–Trinajstić information content (AvgIpc) is 2.04. The fraction of sp³-hybridized carbons (Fsp3) is 0.600. The molecule has 0 spiro atoms. The zero-order valence-electron chi connectivity index (χ0n) is 8.54. The van der Waals surface area contributed by atoms with Gasteiger partial charge in [0.2, 0.25) is 0 Å². The minimum absolute atomic E-state index is 0.441. The van der Waals surface area contributed by atoms with E-state index in [4.69, 9.17) is 5.73 Å². The summed E-state index contributed by atoms with van der Waals surface area (Å²) in [6.45, 7) is 5.96. The Morgan fingerprint density at radius 1 is 1.46 bits per heavy atom. The van der Waals surface area contributed by atoms with Gasteiger partial charge in [-0.1, -0.05) is 13.3 Å². The maximum Gasteiger partial charge on any atom is 0.147 e. The zero-order valence-corrected chi connectivity index (χ0v) is 8.54. The molecule has 0 unspecified atom stereocenters. The first-order valence-electron chi connectivity index (χ1n) is 4.65. The van der Waals surface area contributed by atoms with Crippen LogP contribution in [0.4, 0.5) is 0 Å². The molecule has 0 aliphatic carbocycles. The van der Waals surface area contributed by atoms with Gasteiger partial charge in [-0.05, 0) is 26.3 Å². The van der Waals surface area contributed by atoms with Crippen molar-refractivity contribution in [3.8, 4) is 0 Å². The molecule has 13 heavy (non-hydrogen) atoms. The Hall–Kier alpha value is -0.960. The van der Waals surface area contributed by atoms with E-state index in [-0.39, 0.29) is 0 Å². The Morgan fingerprint density at radius 3 is 2.69 bits per heavy atom. The van der Waals surface area contributed by atoms with Crippen molar-refractivity contribution in [3.63, 3.8) is 0 Å². The monoisotopic (exact) mass is 179 g/mol. The van der Waals surface area contributed by atoms with Crippen LogP contribution in [0.1, 0.15) is 38.7 Å². The summed E-state index contributed by atoms with van der Waals surface area (Å²) in [6, 6.07) is 1.94. The quantitative estimate of drug-likeness (QED) is 0.767. The Labute approximate surface area is 79.4 Å². The summed E-state index contributed by atoms with van der Waals surface area (Å²) in [5.74, 6) is 0.721. The molecule has 0 saturated heterocycles. The summed E-state index contributed by atoms with van der Waals surface area (Å²) in [7, 11) is 0. The van der Waals surface area contributed by atoms with E-state index in [1.807, 2.05) is 19.9 Å². The van der Waals surface area contributed by atoms with Crippen molar-refractivity contribution in [1.29, 1.82) is 0 Å². The number of aryl methyl sites for hydroxylation is 1. The molecule has 3 heteroatoms. The van der Waals surface area contributed by atoms with Crippen molar-refractivity contribution in [3.05, 3.63) is 23.8 Å². The number of rotatable bonds is 3. The third kappa shape index (κ3) is 2.77. The summed E-state index contributed by atoms with van der Waals surface area (Å²) in [6.07, 6.45) is 3.87. The number of aromatic nitrogens is 2. The standard InChI is InChI=1S/C10H17N3/c1-4-5-8-6-7-12-9(13-8)10(2,3)11/h6-7H,4-5,11H2,1-3H3. The minimum Gasteiger partial charge on any atom is -0.319 e. The lowest BCUT2D eigenvalue weighted by Gasteiger charge is -2.16. The van der Waals surface area contributed by atoms with E-state index in [0.717, 1.165) is 24.4 Å². The van der Waals surface area contributed by atoms with Gasteiger partial charge in [0, 0.05) is 11.9 Å². The Morgan fingerprint density at radius 2 is 2.15 bits per heavy atom. The first kappa shape index (κ1) is 10.1. The van der Waals surface area contributed by atoms with Gasteiger partial charge in [0.05, 0.1) is 5.54 Å². The second-order valence-corrected chi connectivity index (χ2v) is 3.84. The number of nitrogens with zero attached hydrogens (tertiary/aromatic N) is 2. The topological polar surface area (TPSA) is 51.8 Å². The molecule has 0 aliphatic heterocycles. The van der Waals surface area contributed by atoms with Crippen molar-refractivity contribution in [2.24, 2.45) is 5.73 Å². The van der Waals surface area contributed by atoms with Crippen molar-refractivity contribution in [2.75, 3.05) is 0 Å². The number of hydrogen-bond acceptors (Lipinski definition) is 3. The van der Waals surface area contributed by atoms with E-state index in [1.165, 1.54) is 0 Å². The molecule has 0 bridgehead atoms. The summed E-state index contributed by atoms with van der Waals surface area (Å²) < 4.78 is 0.